The number of aliphatic hydroxyl groups is 19. The van der Waals surface area contributed by atoms with Crippen LogP contribution in [-0.2, 0) is 66.5 Å². The average molecular weight is 1160 g/mol. The van der Waals surface area contributed by atoms with Crippen molar-refractivity contribution in [2.24, 2.45) is 0 Å². The third kappa shape index (κ3) is 14.1. The first kappa shape index (κ1) is 65.4. The average Bonchev–Trinajstić information content (AvgIpc) is 3.55. The zero-order chi connectivity index (χ0) is 58.7. The van der Waals surface area contributed by atoms with Gasteiger partial charge in [-0.05, 0) is 0 Å². The van der Waals surface area contributed by atoms with E-state index < -0.39 is 254 Å². The topological polar surface area (TPSA) is 581 Å². The predicted octanol–water partition coefficient (Wildman–Crippen LogP) is -14.6. The Kier molecular flexibility index (Phi) is 22.9. The number of nitrogens with one attached hydrogen (secondary N) is 2. The van der Waals surface area contributed by atoms with Crippen molar-refractivity contribution in [3.63, 3.8) is 0 Å². The van der Waals surface area contributed by atoms with Crippen LogP contribution in [0.1, 0.15) is 20.3 Å². The summed E-state index contributed by atoms with van der Waals surface area (Å²) in [5, 5.41) is 218. The molecule has 458 valence electrons. The van der Waals surface area contributed by atoms with Gasteiger partial charge in [-0.1, -0.05) is 0 Å². The first-order chi connectivity index (χ1) is 37.2. The Morgan fingerprint density at radius 3 is 1.56 bits per heavy atom. The fourth-order valence-corrected chi connectivity index (χ4v) is 9.93. The lowest BCUT2D eigenvalue weighted by Crippen LogP contribution is -2.71. The molecule has 0 bridgehead atoms. The number of aliphatic carboxylic acids is 1. The van der Waals surface area contributed by atoms with E-state index in [-0.39, 0.29) is 0 Å². The molecule has 6 aliphatic rings. The quantitative estimate of drug-likeness (QED) is 0.0507. The van der Waals surface area contributed by atoms with Gasteiger partial charge in [0.05, 0.1) is 51.8 Å². The highest BCUT2D eigenvalue weighted by Gasteiger charge is 2.61. The maximum atomic E-state index is 13.0. The standard InChI is InChI=1S/C43H72N2O34/c1-10(51)44-19-12(53)3-43(42(67)68,78-35(19)21(55)13(54)4-46)79-36-23(57)15(6-48)72-41(31(36)65)76-32-17(8-50)73-38(20(24(32)58)45-11(2)52)75-34-18(9-69-39-29(63)25(59)22(56)14(5-47)71-39)74-40(30(64)27(34)61)77-33-16(7-49)70-37(66)28(62)26(33)60/h12-41,46-50,53-66H,3-9H2,1-2H3,(H,44,51)(H,45,52)(H,67,68)/t12-,13+,14+,15+,16+,17+,18+,19+,20+,21+,22-,23-,24+,25-,26+,27+,28+,29+,30+,31+,32+,33+,34-,35+,36-,37?,38-,39+,40-,41-,43-/m0/s1. The van der Waals surface area contributed by atoms with Crippen molar-refractivity contribution in [3.8, 4) is 0 Å². The van der Waals surface area contributed by atoms with Gasteiger partial charge in [0.1, 0.15) is 140 Å². The third-order valence-corrected chi connectivity index (χ3v) is 14.2. The number of carbonyl (C=O) groups excluding carboxylic acids is 2. The van der Waals surface area contributed by atoms with Crippen LogP contribution in [0.5, 0.6) is 0 Å². The van der Waals surface area contributed by atoms with Crippen molar-refractivity contribution >= 4 is 17.8 Å². The first-order valence-corrected chi connectivity index (χ1v) is 24.7. The Bertz CT molecular complexity index is 1970. The molecule has 36 nitrogen and oxygen atoms in total. The van der Waals surface area contributed by atoms with Gasteiger partial charge in [-0.3, -0.25) is 9.59 Å². The van der Waals surface area contributed by atoms with Crippen molar-refractivity contribution in [1.29, 1.82) is 0 Å². The lowest BCUT2D eigenvalue weighted by atomic mass is 9.88. The van der Waals surface area contributed by atoms with Crippen LogP contribution in [0, 0.1) is 0 Å². The first-order valence-electron chi connectivity index (χ1n) is 24.7. The summed E-state index contributed by atoms with van der Waals surface area (Å²) < 4.78 is 62.5. The number of rotatable bonds is 21. The van der Waals surface area contributed by atoms with Gasteiger partial charge in [0.2, 0.25) is 11.8 Å². The highest BCUT2D eigenvalue weighted by atomic mass is 16.8. The number of hydrogen-bond donors (Lipinski definition) is 22. The molecule has 0 saturated carbocycles. The molecule has 31 atom stereocenters. The van der Waals surface area contributed by atoms with Crippen LogP contribution >= 0.6 is 0 Å². The zero-order valence-corrected chi connectivity index (χ0v) is 41.9. The van der Waals surface area contributed by atoms with E-state index in [2.05, 4.69) is 10.6 Å². The molecule has 0 radical (unpaired) electrons. The van der Waals surface area contributed by atoms with E-state index in [1.165, 1.54) is 0 Å². The Balaban J connectivity index is 1.27. The summed E-state index contributed by atoms with van der Waals surface area (Å²) in [5.41, 5.74) is 0. The van der Waals surface area contributed by atoms with Gasteiger partial charge in [0, 0.05) is 20.3 Å². The number of carboxylic acid groups (broad SMARTS) is 1. The summed E-state index contributed by atoms with van der Waals surface area (Å²) >= 11 is 0. The zero-order valence-electron chi connectivity index (χ0n) is 41.9. The Morgan fingerprint density at radius 2 is 0.987 bits per heavy atom. The van der Waals surface area contributed by atoms with Crippen LogP contribution < -0.4 is 10.6 Å². The van der Waals surface area contributed by atoms with Crippen molar-refractivity contribution in [2.75, 3.05) is 39.6 Å². The third-order valence-electron chi connectivity index (χ3n) is 14.2. The number of ether oxygens (including phenoxy) is 11. The van der Waals surface area contributed by atoms with Crippen LogP contribution in [-0.4, -0.2) is 349 Å². The summed E-state index contributed by atoms with van der Waals surface area (Å²) in [5.74, 6) is -7.07. The second-order valence-corrected chi connectivity index (χ2v) is 19.7. The Morgan fingerprint density at radius 1 is 0.519 bits per heavy atom. The molecule has 6 saturated heterocycles. The Hall–Kier alpha value is -2.79. The van der Waals surface area contributed by atoms with Gasteiger partial charge in [-0.2, -0.15) is 0 Å². The number of amides is 2. The molecule has 22 N–H and O–H groups in total. The molecule has 1 unspecified atom stereocenters. The maximum Gasteiger partial charge on any atom is 0.364 e. The van der Waals surface area contributed by atoms with Crippen LogP contribution in [0.3, 0.4) is 0 Å². The summed E-state index contributed by atoms with van der Waals surface area (Å²) in [6, 6.07) is -3.59. The second-order valence-electron chi connectivity index (χ2n) is 19.7. The van der Waals surface area contributed by atoms with E-state index >= 15 is 0 Å². The van der Waals surface area contributed by atoms with Gasteiger partial charge in [-0.15, -0.1) is 0 Å². The molecule has 0 spiro atoms. The van der Waals surface area contributed by atoms with Crippen LogP contribution in [0.4, 0.5) is 0 Å². The Labute approximate surface area is 446 Å². The van der Waals surface area contributed by atoms with Crippen molar-refractivity contribution in [2.45, 2.75) is 210 Å². The van der Waals surface area contributed by atoms with E-state index in [0.717, 1.165) is 13.8 Å². The highest BCUT2D eigenvalue weighted by Crippen LogP contribution is 2.40. The smallest absolute Gasteiger partial charge is 0.364 e. The molecule has 79 heavy (non-hydrogen) atoms. The molecule has 2 amide bonds. The largest absolute Gasteiger partial charge is 0.477 e. The molecule has 0 aliphatic carbocycles. The molecular weight excluding hydrogens is 1090 g/mol. The molecule has 6 aliphatic heterocycles. The molecule has 36 heteroatoms. The van der Waals surface area contributed by atoms with E-state index in [0.29, 0.717) is 0 Å². The van der Waals surface area contributed by atoms with Gasteiger partial charge in [0.15, 0.2) is 31.5 Å². The second kappa shape index (κ2) is 27.7. The van der Waals surface area contributed by atoms with Gasteiger partial charge < -0.3 is 165 Å². The van der Waals surface area contributed by atoms with Gasteiger partial charge in [-0.25, -0.2) is 4.79 Å². The molecular formula is C43H72N2O34. The van der Waals surface area contributed by atoms with Crippen LogP contribution in [0.25, 0.3) is 0 Å². The fraction of sp³-hybridized carbons (Fsp3) is 0.930. The highest BCUT2D eigenvalue weighted by molar-refractivity contribution is 5.76. The number of aliphatic hydroxyl groups excluding tert-OH is 19. The summed E-state index contributed by atoms with van der Waals surface area (Å²) in [7, 11) is 0. The number of hydrogen-bond acceptors (Lipinski definition) is 33. The van der Waals surface area contributed by atoms with Gasteiger partial charge in [0.25, 0.3) is 5.79 Å². The minimum atomic E-state index is -3.21. The molecule has 6 fully saturated rings. The SMILES string of the molecule is CC(=O)N[C@H]1[C@H](O[C@@H]2[C@H](O)[C@@H](O)[C@H](O[C@H]3[C@H](O)[C@@H](O)C(O)O[C@@H]3CO)O[C@@H]2CO[C@@H]2O[C@H](CO)[C@H](O)[C@H](O)[C@H]2O)O[C@H](CO)[C@@H](O[C@@H]2O[C@H](CO)[C@H](O)[C@H](O[C@]3(C(=O)O)C[C@H](O)[C@@H](NC(C)=O)[C@H]([C@H](O)[C@H](O)CO)O3)[C@H]2O)[C@@H]1O. The summed E-state index contributed by atoms with van der Waals surface area (Å²) in [6.45, 7) is -4.34. The molecule has 0 aromatic rings. The van der Waals surface area contributed by atoms with E-state index in [4.69, 9.17) is 52.1 Å². The number of carboxylic acids is 1. The van der Waals surface area contributed by atoms with Crippen molar-refractivity contribution < 1.29 is 169 Å². The van der Waals surface area contributed by atoms with Crippen LogP contribution in [0.15, 0.2) is 0 Å². The molecule has 0 aromatic carbocycles. The minimum absolute atomic E-state index is 0.832. The summed E-state index contributed by atoms with van der Waals surface area (Å²) in [4.78, 5) is 37.8. The van der Waals surface area contributed by atoms with Crippen molar-refractivity contribution in [3.05, 3.63) is 0 Å². The molecule has 0 aromatic heterocycles. The van der Waals surface area contributed by atoms with E-state index in [1.807, 2.05) is 0 Å². The normalized spacial score (nSPS) is 47.7. The predicted molar refractivity (Wildman–Crippen MR) is 240 cm³/mol. The van der Waals surface area contributed by atoms with E-state index in [1.54, 1.807) is 0 Å². The minimum Gasteiger partial charge on any atom is -0.477 e. The fourth-order valence-electron chi connectivity index (χ4n) is 9.93. The lowest BCUT2D eigenvalue weighted by molar-refractivity contribution is -0.391. The molecule has 6 heterocycles. The van der Waals surface area contributed by atoms with Gasteiger partial charge >= 0.3 is 5.97 Å². The monoisotopic (exact) mass is 1160 g/mol. The van der Waals surface area contributed by atoms with E-state index in [9.17, 15) is 117 Å². The molecule has 6 rings (SSSR count). The van der Waals surface area contributed by atoms with Crippen molar-refractivity contribution in [1.82, 2.24) is 10.6 Å². The maximum absolute atomic E-state index is 13.0. The lowest BCUT2D eigenvalue weighted by Gasteiger charge is -2.51. The summed E-state index contributed by atoms with van der Waals surface area (Å²) in [6.07, 6.45) is -58.3. The number of carbonyl (C=O) groups is 3. The van der Waals surface area contributed by atoms with Crippen LogP contribution in [0.2, 0.25) is 0 Å².